The van der Waals surface area contributed by atoms with Gasteiger partial charge in [0.1, 0.15) is 5.75 Å². The van der Waals surface area contributed by atoms with Gasteiger partial charge in [-0.05, 0) is 72.9 Å². The second-order valence-electron chi connectivity index (χ2n) is 8.10. The number of hydrogen-bond donors (Lipinski definition) is 2. The quantitative estimate of drug-likeness (QED) is 0.387. The van der Waals surface area contributed by atoms with Crippen LogP contribution in [0.4, 0.5) is 13.2 Å². The van der Waals surface area contributed by atoms with E-state index in [1.165, 1.54) is 12.1 Å². The second kappa shape index (κ2) is 8.64. The van der Waals surface area contributed by atoms with Crippen molar-refractivity contribution < 1.29 is 23.0 Å². The Balaban J connectivity index is 1.56. The van der Waals surface area contributed by atoms with E-state index in [4.69, 9.17) is 4.74 Å². The molecule has 0 saturated heterocycles. The van der Waals surface area contributed by atoms with Crippen molar-refractivity contribution in [1.29, 1.82) is 0 Å². The number of alkyl halides is 3. The van der Waals surface area contributed by atoms with Crippen molar-refractivity contribution in [2.24, 2.45) is 0 Å². The van der Waals surface area contributed by atoms with Crippen LogP contribution in [-0.2, 0) is 5.60 Å². The normalized spacial score (nSPS) is 11.8. The van der Waals surface area contributed by atoms with Crippen molar-refractivity contribution in [2.45, 2.75) is 25.6 Å². The van der Waals surface area contributed by atoms with E-state index in [1.807, 2.05) is 42.5 Å². The molecule has 33 heavy (non-hydrogen) atoms. The van der Waals surface area contributed by atoms with Crippen molar-refractivity contribution in [3.8, 4) is 28.7 Å². The van der Waals surface area contributed by atoms with Crippen molar-refractivity contribution in [2.75, 3.05) is 6.61 Å². The molecule has 0 fully saturated rings. The monoisotopic (exact) mass is 450 g/mol. The fourth-order valence-electron chi connectivity index (χ4n) is 3.43. The van der Waals surface area contributed by atoms with Crippen LogP contribution < -0.4 is 4.74 Å². The molecular formula is C26H21F3N2O2. The van der Waals surface area contributed by atoms with Crippen LogP contribution in [0.3, 0.4) is 0 Å². The zero-order chi connectivity index (χ0) is 23.6. The highest BCUT2D eigenvalue weighted by molar-refractivity contribution is 5.83. The molecule has 0 aliphatic heterocycles. The van der Waals surface area contributed by atoms with E-state index >= 15 is 0 Å². The molecule has 168 valence electrons. The molecule has 3 aromatic carbocycles. The number of nitrogens with one attached hydrogen (secondary N) is 1. The summed E-state index contributed by atoms with van der Waals surface area (Å²) in [7, 11) is 0. The number of fused-ring (bicyclic) bond motifs is 1. The largest absolute Gasteiger partial charge is 0.484 e. The van der Waals surface area contributed by atoms with Crippen LogP contribution in [-0.4, -0.2) is 27.9 Å². The first-order valence-electron chi connectivity index (χ1n) is 10.2. The zero-order valence-corrected chi connectivity index (χ0v) is 18.0. The molecule has 0 unspecified atom stereocenters. The molecule has 0 bridgehead atoms. The van der Waals surface area contributed by atoms with Gasteiger partial charge < -0.3 is 14.8 Å². The Hall–Kier alpha value is -3.76. The number of H-pyrrole nitrogens is 1. The predicted molar refractivity (Wildman–Crippen MR) is 121 cm³/mol. The zero-order valence-electron chi connectivity index (χ0n) is 18.0. The first kappa shape index (κ1) is 22.4. The topological polar surface area (TPSA) is 58.1 Å². The van der Waals surface area contributed by atoms with Gasteiger partial charge in [0.25, 0.3) is 0 Å². The summed E-state index contributed by atoms with van der Waals surface area (Å²) in [5.41, 5.74) is 3.87. The van der Waals surface area contributed by atoms with Gasteiger partial charge in [-0.3, -0.25) is 0 Å². The summed E-state index contributed by atoms with van der Waals surface area (Å²) >= 11 is 0. The third-order valence-corrected chi connectivity index (χ3v) is 4.96. The number of aromatic nitrogens is 2. The third-order valence-electron chi connectivity index (χ3n) is 4.96. The Morgan fingerprint density at radius 1 is 0.970 bits per heavy atom. The molecule has 0 spiro atoms. The molecule has 1 aromatic heterocycles. The van der Waals surface area contributed by atoms with Gasteiger partial charge in [-0.2, -0.15) is 13.2 Å². The Morgan fingerprint density at radius 2 is 1.70 bits per heavy atom. The Bertz CT molecular complexity index is 1340. The molecule has 0 saturated carbocycles. The maximum atomic E-state index is 12.2. The standard InChI is InChI=1S/C26H21F3N2O2/c1-25(2,32)21-6-4-3-5-20(21)18-10-13-22-23(15-18)31-24(30-22)14-9-17-7-11-19(12-8-17)33-16-26(27,28)29/h3-8,10-13,15,32H,16H2,1-2H3,(H,30,31). The Labute approximate surface area is 189 Å². The first-order chi connectivity index (χ1) is 15.6. The van der Waals surface area contributed by atoms with Gasteiger partial charge in [-0.15, -0.1) is 0 Å². The summed E-state index contributed by atoms with van der Waals surface area (Å²) in [5.74, 6) is 6.48. The number of benzene rings is 3. The number of imidazole rings is 1. The SMILES string of the molecule is CC(C)(O)c1ccccc1-c1ccc2[nH]c(C#Cc3ccc(OCC(F)(F)F)cc3)nc2c1. The molecule has 4 nitrogen and oxygen atoms in total. The van der Waals surface area contributed by atoms with Crippen molar-refractivity contribution >= 4 is 11.0 Å². The molecule has 0 aliphatic carbocycles. The van der Waals surface area contributed by atoms with Crippen molar-refractivity contribution in [3.63, 3.8) is 0 Å². The van der Waals surface area contributed by atoms with Crippen LogP contribution in [0.1, 0.15) is 30.8 Å². The lowest BCUT2D eigenvalue weighted by Gasteiger charge is -2.21. The minimum absolute atomic E-state index is 0.125. The van der Waals surface area contributed by atoms with Gasteiger partial charge in [-0.1, -0.05) is 36.3 Å². The lowest BCUT2D eigenvalue weighted by molar-refractivity contribution is -0.153. The molecule has 1 heterocycles. The molecular weight excluding hydrogens is 429 g/mol. The van der Waals surface area contributed by atoms with E-state index in [0.29, 0.717) is 11.4 Å². The molecule has 4 rings (SSSR count). The number of nitrogens with zero attached hydrogens (tertiary/aromatic N) is 1. The molecule has 4 aromatic rings. The summed E-state index contributed by atoms with van der Waals surface area (Å²) in [4.78, 5) is 7.69. The lowest BCUT2D eigenvalue weighted by atomic mass is 9.89. The summed E-state index contributed by atoms with van der Waals surface area (Å²) in [5, 5.41) is 10.5. The number of aliphatic hydroxyl groups is 1. The summed E-state index contributed by atoms with van der Waals surface area (Å²) in [6.45, 7) is 2.17. The van der Waals surface area contributed by atoms with Gasteiger partial charge >= 0.3 is 6.18 Å². The molecule has 7 heteroatoms. The van der Waals surface area contributed by atoms with Gasteiger partial charge in [0.05, 0.1) is 16.6 Å². The van der Waals surface area contributed by atoms with Crippen LogP contribution >= 0.6 is 0 Å². The van der Waals surface area contributed by atoms with Gasteiger partial charge in [0.15, 0.2) is 12.4 Å². The smallest absolute Gasteiger partial charge is 0.422 e. The maximum absolute atomic E-state index is 12.2. The van der Waals surface area contributed by atoms with Crippen LogP contribution in [0, 0.1) is 11.8 Å². The number of halogens is 3. The van der Waals surface area contributed by atoms with Crippen LogP contribution in [0.15, 0.2) is 66.7 Å². The Kier molecular flexibility index (Phi) is 5.88. The van der Waals surface area contributed by atoms with Crippen molar-refractivity contribution in [1.82, 2.24) is 9.97 Å². The fraction of sp³-hybridized carbons (Fsp3) is 0.192. The number of aromatic amines is 1. The minimum Gasteiger partial charge on any atom is -0.484 e. The third kappa shape index (κ3) is 5.54. The lowest BCUT2D eigenvalue weighted by Crippen LogP contribution is -2.19. The maximum Gasteiger partial charge on any atom is 0.422 e. The van der Waals surface area contributed by atoms with E-state index in [0.717, 1.165) is 27.7 Å². The number of ether oxygens (including phenoxy) is 1. The highest BCUT2D eigenvalue weighted by Gasteiger charge is 2.28. The highest BCUT2D eigenvalue weighted by Crippen LogP contribution is 2.32. The summed E-state index contributed by atoms with van der Waals surface area (Å²) < 4.78 is 41.4. The highest BCUT2D eigenvalue weighted by atomic mass is 19.4. The van der Waals surface area contributed by atoms with Crippen molar-refractivity contribution in [3.05, 3.63) is 83.7 Å². The first-order valence-corrected chi connectivity index (χ1v) is 10.2. The minimum atomic E-state index is -4.38. The molecule has 2 N–H and O–H groups in total. The van der Waals surface area contributed by atoms with Crippen LogP contribution in [0.2, 0.25) is 0 Å². The van der Waals surface area contributed by atoms with E-state index in [9.17, 15) is 18.3 Å². The summed E-state index contributed by atoms with van der Waals surface area (Å²) in [6, 6.07) is 19.6. The average molecular weight is 450 g/mol. The van der Waals surface area contributed by atoms with Crippen LogP contribution in [0.5, 0.6) is 5.75 Å². The molecule has 0 radical (unpaired) electrons. The van der Waals surface area contributed by atoms with Gasteiger partial charge in [-0.25, -0.2) is 4.98 Å². The van der Waals surface area contributed by atoms with E-state index < -0.39 is 18.4 Å². The molecule has 0 aliphatic rings. The number of rotatable bonds is 4. The van der Waals surface area contributed by atoms with Gasteiger partial charge in [0, 0.05) is 5.56 Å². The van der Waals surface area contributed by atoms with E-state index in [1.54, 1.807) is 26.0 Å². The van der Waals surface area contributed by atoms with Crippen LogP contribution in [0.25, 0.3) is 22.2 Å². The van der Waals surface area contributed by atoms with Gasteiger partial charge in [0.2, 0.25) is 0 Å². The second-order valence-corrected chi connectivity index (χ2v) is 8.10. The predicted octanol–water partition coefficient (Wildman–Crippen LogP) is 5.80. The molecule has 0 atom stereocenters. The molecule has 0 amide bonds. The van der Waals surface area contributed by atoms with E-state index in [-0.39, 0.29) is 5.75 Å². The summed E-state index contributed by atoms with van der Waals surface area (Å²) in [6.07, 6.45) is -4.38. The fourth-order valence-corrected chi connectivity index (χ4v) is 3.43. The number of hydrogen-bond acceptors (Lipinski definition) is 3. The average Bonchev–Trinajstić information content (AvgIpc) is 3.18. The Morgan fingerprint density at radius 3 is 2.39 bits per heavy atom. The van der Waals surface area contributed by atoms with E-state index in [2.05, 4.69) is 21.8 Å².